The third-order valence-electron chi connectivity index (χ3n) is 5.19. The molecular formula is C26H28N2O2. The van der Waals surface area contributed by atoms with Crippen molar-refractivity contribution in [3.63, 3.8) is 0 Å². The van der Waals surface area contributed by atoms with Crippen molar-refractivity contribution in [3.05, 3.63) is 106 Å². The molecule has 0 saturated carbocycles. The predicted molar refractivity (Wildman–Crippen MR) is 120 cm³/mol. The fraction of sp³-hybridized carbons (Fsp3) is 0.231. The molecule has 3 N–H and O–H groups in total. The van der Waals surface area contributed by atoms with Crippen LogP contribution in [0.2, 0.25) is 0 Å². The largest absolute Gasteiger partial charge is 0.348 e. The second-order valence-electron chi connectivity index (χ2n) is 7.38. The number of hydrogen-bond acceptors (Lipinski definition) is 3. The van der Waals surface area contributed by atoms with Gasteiger partial charge in [0.25, 0.3) is 5.91 Å². The number of carbonyl (C=O) groups is 2. The molecule has 0 spiro atoms. The van der Waals surface area contributed by atoms with Crippen molar-refractivity contribution in [3.8, 4) is 0 Å². The molecule has 30 heavy (non-hydrogen) atoms. The number of nitrogens with two attached hydrogens (primary N) is 1. The maximum absolute atomic E-state index is 12.5. The van der Waals surface area contributed by atoms with Crippen LogP contribution in [-0.4, -0.2) is 11.7 Å². The van der Waals surface area contributed by atoms with Gasteiger partial charge in [-0.15, -0.1) is 0 Å². The molecule has 0 heterocycles. The third kappa shape index (κ3) is 5.88. The second kappa shape index (κ2) is 10.5. The fourth-order valence-electron chi connectivity index (χ4n) is 3.37. The second-order valence-corrected chi connectivity index (χ2v) is 7.38. The summed E-state index contributed by atoms with van der Waals surface area (Å²) in [5.74, 6) is -0.0778. The summed E-state index contributed by atoms with van der Waals surface area (Å²) in [4.78, 5) is 24.9. The Morgan fingerprint density at radius 1 is 0.800 bits per heavy atom. The highest BCUT2D eigenvalue weighted by molar-refractivity contribution is 5.98. The van der Waals surface area contributed by atoms with Crippen LogP contribution >= 0.6 is 0 Å². The minimum atomic E-state index is -0.163. The third-order valence-corrected chi connectivity index (χ3v) is 5.19. The van der Waals surface area contributed by atoms with Gasteiger partial charge in [-0.25, -0.2) is 0 Å². The molecule has 1 amide bonds. The van der Waals surface area contributed by atoms with E-state index in [1.807, 2.05) is 30.3 Å². The Hall–Kier alpha value is -3.24. The number of rotatable bonds is 9. The van der Waals surface area contributed by atoms with Crippen LogP contribution in [0.5, 0.6) is 0 Å². The van der Waals surface area contributed by atoms with Gasteiger partial charge in [0.05, 0.1) is 0 Å². The van der Waals surface area contributed by atoms with E-state index in [1.54, 1.807) is 24.3 Å². The zero-order valence-corrected chi connectivity index (χ0v) is 17.4. The SMILES string of the molecule is CCc1cccc(CCC(=O)c2ccc(C(=O)NCc3cccc(CN)c3)cc2)c1. The molecule has 0 aromatic heterocycles. The van der Waals surface area contributed by atoms with E-state index in [2.05, 4.69) is 30.4 Å². The van der Waals surface area contributed by atoms with E-state index in [-0.39, 0.29) is 11.7 Å². The van der Waals surface area contributed by atoms with Crippen LogP contribution < -0.4 is 11.1 Å². The highest BCUT2D eigenvalue weighted by atomic mass is 16.1. The molecule has 0 aliphatic heterocycles. The summed E-state index contributed by atoms with van der Waals surface area (Å²) >= 11 is 0. The molecule has 0 unspecified atom stereocenters. The monoisotopic (exact) mass is 400 g/mol. The summed E-state index contributed by atoms with van der Waals surface area (Å²) in [7, 11) is 0. The first kappa shape index (κ1) is 21.5. The summed E-state index contributed by atoms with van der Waals surface area (Å²) in [5, 5.41) is 2.91. The summed E-state index contributed by atoms with van der Waals surface area (Å²) in [6.07, 6.45) is 2.16. The standard InChI is InChI=1S/C26H28N2O2/c1-2-19-5-3-6-20(15-19)9-14-25(29)23-10-12-24(13-11-23)26(30)28-18-22-8-4-7-21(16-22)17-27/h3-8,10-13,15-16H,2,9,14,17-18,27H2,1H3,(H,28,30). The van der Waals surface area contributed by atoms with Crippen LogP contribution in [0, 0.1) is 0 Å². The number of aryl methyl sites for hydroxylation is 2. The maximum atomic E-state index is 12.5. The normalized spacial score (nSPS) is 10.6. The number of Topliss-reactive ketones (excluding diaryl/α,β-unsaturated/α-hetero) is 1. The van der Waals surface area contributed by atoms with Gasteiger partial charge in [-0.3, -0.25) is 9.59 Å². The van der Waals surface area contributed by atoms with Gasteiger partial charge in [0.1, 0.15) is 0 Å². The van der Waals surface area contributed by atoms with Gasteiger partial charge in [0.2, 0.25) is 0 Å². The van der Waals surface area contributed by atoms with Crippen LogP contribution in [0.4, 0.5) is 0 Å². The molecule has 0 aliphatic rings. The van der Waals surface area contributed by atoms with Gasteiger partial charge in [-0.2, -0.15) is 0 Å². The quantitative estimate of drug-likeness (QED) is 0.521. The van der Waals surface area contributed by atoms with Crippen LogP contribution in [0.25, 0.3) is 0 Å². The molecule has 154 valence electrons. The van der Waals surface area contributed by atoms with Gasteiger partial charge < -0.3 is 11.1 Å². The zero-order chi connectivity index (χ0) is 21.3. The first-order valence-electron chi connectivity index (χ1n) is 10.4. The molecule has 0 fully saturated rings. The van der Waals surface area contributed by atoms with Crippen LogP contribution in [-0.2, 0) is 25.9 Å². The van der Waals surface area contributed by atoms with Crippen molar-refractivity contribution in [2.75, 3.05) is 0 Å². The highest BCUT2D eigenvalue weighted by Gasteiger charge is 2.10. The van der Waals surface area contributed by atoms with Gasteiger partial charge in [0.15, 0.2) is 5.78 Å². The van der Waals surface area contributed by atoms with E-state index in [1.165, 1.54) is 11.1 Å². The van der Waals surface area contributed by atoms with Gasteiger partial charge in [-0.05, 0) is 47.2 Å². The molecule has 0 aliphatic carbocycles. The molecule has 3 rings (SSSR count). The summed E-state index contributed by atoms with van der Waals surface area (Å²) < 4.78 is 0. The van der Waals surface area contributed by atoms with Gasteiger partial charge in [-0.1, -0.05) is 67.6 Å². The first-order valence-corrected chi connectivity index (χ1v) is 10.4. The minimum absolute atomic E-state index is 0.0856. The van der Waals surface area contributed by atoms with Crippen molar-refractivity contribution < 1.29 is 9.59 Å². The molecular weight excluding hydrogens is 372 g/mol. The predicted octanol–water partition coefficient (Wildman–Crippen LogP) is 4.45. The Bertz CT molecular complexity index is 927. The Morgan fingerprint density at radius 3 is 2.10 bits per heavy atom. The number of amides is 1. The topological polar surface area (TPSA) is 72.2 Å². The maximum Gasteiger partial charge on any atom is 0.251 e. The van der Waals surface area contributed by atoms with E-state index >= 15 is 0 Å². The number of benzene rings is 3. The minimum Gasteiger partial charge on any atom is -0.348 e. The van der Waals surface area contributed by atoms with Crippen LogP contribution in [0.15, 0.2) is 72.8 Å². The molecule has 0 atom stereocenters. The lowest BCUT2D eigenvalue weighted by atomic mass is 10.00. The van der Waals surface area contributed by atoms with E-state index in [9.17, 15) is 9.59 Å². The van der Waals surface area contributed by atoms with Crippen molar-refractivity contribution in [1.29, 1.82) is 0 Å². The zero-order valence-electron chi connectivity index (χ0n) is 17.4. The van der Waals surface area contributed by atoms with Crippen molar-refractivity contribution >= 4 is 11.7 Å². The number of hydrogen-bond donors (Lipinski definition) is 2. The highest BCUT2D eigenvalue weighted by Crippen LogP contribution is 2.13. The summed E-state index contributed by atoms with van der Waals surface area (Å²) in [5.41, 5.74) is 11.3. The number of nitrogens with one attached hydrogen (secondary N) is 1. The number of ketones is 1. The Kier molecular flexibility index (Phi) is 7.52. The van der Waals surface area contributed by atoms with E-state index in [4.69, 9.17) is 5.73 Å². The van der Waals surface area contributed by atoms with E-state index < -0.39 is 0 Å². The lowest BCUT2D eigenvalue weighted by Crippen LogP contribution is -2.22. The molecule has 0 radical (unpaired) electrons. The van der Waals surface area contributed by atoms with E-state index in [0.29, 0.717) is 30.6 Å². The molecule has 3 aromatic carbocycles. The molecule has 3 aromatic rings. The molecule has 4 nitrogen and oxygen atoms in total. The first-order chi connectivity index (χ1) is 14.6. The van der Waals surface area contributed by atoms with Crippen LogP contribution in [0.1, 0.15) is 56.3 Å². The average Bonchev–Trinajstić information content (AvgIpc) is 2.81. The lowest BCUT2D eigenvalue weighted by molar-refractivity contribution is 0.0947. The lowest BCUT2D eigenvalue weighted by Gasteiger charge is -2.08. The molecule has 0 saturated heterocycles. The van der Waals surface area contributed by atoms with Crippen molar-refractivity contribution in [2.45, 2.75) is 39.3 Å². The average molecular weight is 401 g/mol. The molecule has 0 bridgehead atoms. The van der Waals surface area contributed by atoms with Crippen molar-refractivity contribution in [2.24, 2.45) is 5.73 Å². The smallest absolute Gasteiger partial charge is 0.251 e. The fourth-order valence-corrected chi connectivity index (χ4v) is 3.37. The number of carbonyl (C=O) groups excluding carboxylic acids is 2. The Balaban J connectivity index is 1.54. The van der Waals surface area contributed by atoms with Gasteiger partial charge in [0, 0.05) is 30.6 Å². The Morgan fingerprint density at radius 2 is 1.40 bits per heavy atom. The van der Waals surface area contributed by atoms with Crippen molar-refractivity contribution in [1.82, 2.24) is 5.32 Å². The summed E-state index contributed by atoms with van der Waals surface area (Å²) in [6.45, 7) is 3.03. The Labute approximate surface area is 178 Å². The van der Waals surface area contributed by atoms with Gasteiger partial charge >= 0.3 is 0 Å². The van der Waals surface area contributed by atoms with Crippen LogP contribution in [0.3, 0.4) is 0 Å². The van der Waals surface area contributed by atoms with E-state index in [0.717, 1.165) is 24.0 Å². The molecule has 4 heteroatoms. The summed E-state index contributed by atoms with van der Waals surface area (Å²) in [6, 6.07) is 23.1.